The predicted molar refractivity (Wildman–Crippen MR) is 126 cm³/mol. The number of nitrogens with one attached hydrogen (secondary N) is 1. The molecule has 0 aromatic heterocycles. The fraction of sp³-hybridized carbons (Fsp3) is 0.185. The molecule has 0 bridgehead atoms. The van der Waals surface area contributed by atoms with Gasteiger partial charge < -0.3 is 10.2 Å². The summed E-state index contributed by atoms with van der Waals surface area (Å²) < 4.78 is 0. The standard InChI is InChI=1S/C27H28N2/c1-3-29(4-2)24-17-14-21(15-18-24)20-22-16-19-27(26-13-9-8-12-25(22)26)28-23-10-6-5-7-11-23/h5-19,28H,3-4,20H2,1-2H3. The molecule has 0 radical (unpaired) electrons. The largest absolute Gasteiger partial charge is 0.372 e. The van der Waals surface area contributed by atoms with Gasteiger partial charge in [0.05, 0.1) is 0 Å². The fourth-order valence-electron chi connectivity index (χ4n) is 3.93. The van der Waals surface area contributed by atoms with Gasteiger partial charge in [0.1, 0.15) is 0 Å². The molecule has 0 atom stereocenters. The van der Waals surface area contributed by atoms with E-state index in [1.54, 1.807) is 0 Å². The van der Waals surface area contributed by atoms with E-state index in [-0.39, 0.29) is 0 Å². The average molecular weight is 381 g/mol. The number of hydrogen-bond acceptors (Lipinski definition) is 2. The van der Waals surface area contributed by atoms with Gasteiger partial charge in [0, 0.05) is 35.5 Å². The molecule has 0 saturated heterocycles. The minimum atomic E-state index is 0.935. The molecule has 2 heteroatoms. The van der Waals surface area contributed by atoms with Crippen molar-refractivity contribution in [2.24, 2.45) is 0 Å². The third-order valence-corrected chi connectivity index (χ3v) is 5.53. The maximum Gasteiger partial charge on any atom is 0.0464 e. The summed E-state index contributed by atoms with van der Waals surface area (Å²) in [7, 11) is 0. The second-order valence-corrected chi connectivity index (χ2v) is 7.32. The van der Waals surface area contributed by atoms with E-state index in [0.717, 1.165) is 30.9 Å². The Kier molecular flexibility index (Phi) is 5.81. The van der Waals surface area contributed by atoms with Gasteiger partial charge in [-0.15, -0.1) is 0 Å². The molecule has 4 rings (SSSR count). The lowest BCUT2D eigenvalue weighted by atomic mass is 9.97. The van der Waals surface area contributed by atoms with Crippen LogP contribution >= 0.6 is 0 Å². The molecule has 2 nitrogen and oxygen atoms in total. The molecule has 0 spiro atoms. The highest BCUT2D eigenvalue weighted by atomic mass is 15.1. The Labute approximate surface area is 173 Å². The van der Waals surface area contributed by atoms with Crippen LogP contribution in [-0.4, -0.2) is 13.1 Å². The third-order valence-electron chi connectivity index (χ3n) is 5.53. The molecular formula is C27H28N2. The lowest BCUT2D eigenvalue weighted by Gasteiger charge is -2.21. The Morgan fingerprint density at radius 3 is 2.00 bits per heavy atom. The molecule has 146 valence electrons. The van der Waals surface area contributed by atoms with E-state index in [4.69, 9.17) is 0 Å². The van der Waals surface area contributed by atoms with Crippen molar-refractivity contribution in [2.45, 2.75) is 20.3 Å². The number of hydrogen-bond donors (Lipinski definition) is 1. The van der Waals surface area contributed by atoms with Crippen LogP contribution in [0.25, 0.3) is 10.8 Å². The van der Waals surface area contributed by atoms with Crippen molar-refractivity contribution in [3.63, 3.8) is 0 Å². The van der Waals surface area contributed by atoms with Crippen LogP contribution in [0, 0.1) is 0 Å². The molecule has 0 saturated carbocycles. The van der Waals surface area contributed by atoms with Crippen molar-refractivity contribution in [1.82, 2.24) is 0 Å². The number of benzene rings is 4. The van der Waals surface area contributed by atoms with Crippen molar-refractivity contribution >= 4 is 27.8 Å². The van der Waals surface area contributed by atoms with Gasteiger partial charge in [-0.05, 0) is 67.1 Å². The maximum absolute atomic E-state index is 3.57. The summed E-state index contributed by atoms with van der Waals surface area (Å²) in [4.78, 5) is 2.38. The zero-order chi connectivity index (χ0) is 20.1. The molecule has 0 amide bonds. The Morgan fingerprint density at radius 2 is 1.31 bits per heavy atom. The minimum absolute atomic E-state index is 0.935. The van der Waals surface area contributed by atoms with Crippen LogP contribution in [0.3, 0.4) is 0 Å². The Hall–Kier alpha value is -3.26. The number of para-hydroxylation sites is 1. The number of nitrogens with zero attached hydrogens (tertiary/aromatic N) is 1. The number of rotatable bonds is 7. The molecule has 4 aromatic rings. The fourth-order valence-corrected chi connectivity index (χ4v) is 3.93. The van der Waals surface area contributed by atoms with Crippen molar-refractivity contribution < 1.29 is 0 Å². The summed E-state index contributed by atoms with van der Waals surface area (Å²) in [5, 5.41) is 6.13. The topological polar surface area (TPSA) is 15.3 Å². The highest BCUT2D eigenvalue weighted by Gasteiger charge is 2.08. The van der Waals surface area contributed by atoms with Gasteiger partial charge in [-0.2, -0.15) is 0 Å². The summed E-state index contributed by atoms with van der Waals surface area (Å²) in [5.74, 6) is 0. The van der Waals surface area contributed by atoms with Crippen LogP contribution in [0.5, 0.6) is 0 Å². The van der Waals surface area contributed by atoms with E-state index < -0.39 is 0 Å². The van der Waals surface area contributed by atoms with Crippen LogP contribution in [0.1, 0.15) is 25.0 Å². The van der Waals surface area contributed by atoms with Crippen LogP contribution in [0.15, 0.2) is 91.0 Å². The summed E-state index contributed by atoms with van der Waals surface area (Å²) in [5.41, 5.74) is 6.25. The first-order valence-electron chi connectivity index (χ1n) is 10.4. The predicted octanol–water partition coefficient (Wildman–Crippen LogP) is 7.02. The van der Waals surface area contributed by atoms with E-state index in [1.807, 2.05) is 6.07 Å². The zero-order valence-corrected chi connectivity index (χ0v) is 17.2. The minimum Gasteiger partial charge on any atom is -0.372 e. The molecule has 29 heavy (non-hydrogen) atoms. The van der Waals surface area contributed by atoms with Gasteiger partial charge in [-0.1, -0.05) is 60.7 Å². The molecule has 1 N–H and O–H groups in total. The summed E-state index contributed by atoms with van der Waals surface area (Å²) in [6.45, 7) is 6.48. The van der Waals surface area contributed by atoms with Crippen molar-refractivity contribution in [3.8, 4) is 0 Å². The van der Waals surface area contributed by atoms with Gasteiger partial charge in [-0.3, -0.25) is 0 Å². The van der Waals surface area contributed by atoms with Crippen LogP contribution in [0.4, 0.5) is 17.1 Å². The SMILES string of the molecule is CCN(CC)c1ccc(Cc2ccc(Nc3ccccc3)c3ccccc23)cc1. The van der Waals surface area contributed by atoms with Gasteiger partial charge >= 0.3 is 0 Å². The maximum atomic E-state index is 3.57. The van der Waals surface area contributed by atoms with Gasteiger partial charge in [0.2, 0.25) is 0 Å². The van der Waals surface area contributed by atoms with Crippen molar-refractivity contribution in [1.29, 1.82) is 0 Å². The highest BCUT2D eigenvalue weighted by molar-refractivity contribution is 5.97. The molecule has 4 aromatic carbocycles. The molecule has 0 aliphatic rings. The summed E-state index contributed by atoms with van der Waals surface area (Å²) in [6, 6.07) is 32.5. The van der Waals surface area contributed by atoms with Crippen LogP contribution in [0.2, 0.25) is 0 Å². The smallest absolute Gasteiger partial charge is 0.0464 e. The van der Waals surface area contributed by atoms with E-state index in [9.17, 15) is 0 Å². The normalized spacial score (nSPS) is 10.8. The number of fused-ring (bicyclic) bond motifs is 1. The van der Waals surface area contributed by atoms with Gasteiger partial charge in [0.15, 0.2) is 0 Å². The first-order valence-corrected chi connectivity index (χ1v) is 10.4. The van der Waals surface area contributed by atoms with Crippen LogP contribution < -0.4 is 10.2 Å². The summed E-state index contributed by atoms with van der Waals surface area (Å²) in [6.07, 6.45) is 0.935. The van der Waals surface area contributed by atoms with Gasteiger partial charge in [-0.25, -0.2) is 0 Å². The van der Waals surface area contributed by atoms with E-state index in [0.29, 0.717) is 0 Å². The monoisotopic (exact) mass is 380 g/mol. The molecule has 0 aliphatic carbocycles. The summed E-state index contributed by atoms with van der Waals surface area (Å²) >= 11 is 0. The molecule has 0 aliphatic heterocycles. The quantitative estimate of drug-likeness (QED) is 0.370. The second-order valence-electron chi connectivity index (χ2n) is 7.32. The van der Waals surface area contributed by atoms with Crippen molar-refractivity contribution in [3.05, 3.63) is 102 Å². The lowest BCUT2D eigenvalue weighted by molar-refractivity contribution is 0.866. The molecule has 0 heterocycles. The van der Waals surface area contributed by atoms with E-state index in [1.165, 1.54) is 27.6 Å². The van der Waals surface area contributed by atoms with Crippen molar-refractivity contribution in [2.75, 3.05) is 23.3 Å². The second kappa shape index (κ2) is 8.83. The number of anilines is 3. The molecule has 0 fully saturated rings. The highest BCUT2D eigenvalue weighted by Crippen LogP contribution is 2.30. The van der Waals surface area contributed by atoms with E-state index in [2.05, 4.69) is 109 Å². The average Bonchev–Trinajstić information content (AvgIpc) is 2.78. The van der Waals surface area contributed by atoms with Gasteiger partial charge in [0.25, 0.3) is 0 Å². The molecule has 0 unspecified atom stereocenters. The third kappa shape index (κ3) is 4.27. The Balaban J connectivity index is 1.62. The Bertz CT molecular complexity index is 1060. The first kappa shape index (κ1) is 19.1. The van der Waals surface area contributed by atoms with Crippen LogP contribution in [-0.2, 0) is 6.42 Å². The Morgan fingerprint density at radius 1 is 0.655 bits per heavy atom. The van der Waals surface area contributed by atoms with E-state index >= 15 is 0 Å². The lowest BCUT2D eigenvalue weighted by Crippen LogP contribution is -2.21. The molecular weight excluding hydrogens is 352 g/mol. The first-order chi connectivity index (χ1) is 14.3. The zero-order valence-electron chi connectivity index (χ0n) is 17.2.